The van der Waals surface area contributed by atoms with Gasteiger partial charge in [-0.3, -0.25) is 14.4 Å². The summed E-state index contributed by atoms with van der Waals surface area (Å²) >= 11 is 1.70. The van der Waals surface area contributed by atoms with Gasteiger partial charge >= 0.3 is 0 Å². The Hall–Kier alpha value is -4.91. The highest BCUT2D eigenvalue weighted by molar-refractivity contribution is 7.13. The van der Waals surface area contributed by atoms with Crippen molar-refractivity contribution < 1.29 is 13.9 Å². The molecule has 5 aromatic rings. The van der Waals surface area contributed by atoms with E-state index in [9.17, 15) is 4.79 Å². The standard InChI is InChI=1S/C34H35N9O3S/c1-3-21-19-47-32-28(21)29(39-25(16-27-36-12-15-45-27)31-41-40-20(2)43(31)32)22-4-6-24(7-5-22)46-26-8-9-34(26)10-13-42(14-11-34)33-37-17-23(18-38-33)30(35)44/h4-7,12,15,17-19,25-26H,3,8-11,13-14,16H2,1-2H3,(H2,35,44)/t25-,26?/m0/s1. The number of carbonyl (C=O) groups excluding carboxylic acids is 1. The Balaban J connectivity index is 1.02. The van der Waals surface area contributed by atoms with Crippen LogP contribution in [0.3, 0.4) is 0 Å². The summed E-state index contributed by atoms with van der Waals surface area (Å²) in [5.41, 5.74) is 10.1. The van der Waals surface area contributed by atoms with Crippen LogP contribution >= 0.6 is 11.3 Å². The molecular formula is C34H35N9O3S. The molecule has 1 saturated carbocycles. The summed E-state index contributed by atoms with van der Waals surface area (Å²) in [5, 5.41) is 12.3. The van der Waals surface area contributed by atoms with Crippen molar-refractivity contribution in [3.05, 3.63) is 94.3 Å². The number of piperidine rings is 1. The fourth-order valence-electron chi connectivity index (χ4n) is 7.10. The minimum atomic E-state index is -0.520. The van der Waals surface area contributed by atoms with Gasteiger partial charge < -0.3 is 19.8 Å². The Morgan fingerprint density at radius 2 is 1.89 bits per heavy atom. The van der Waals surface area contributed by atoms with Gasteiger partial charge in [-0.15, -0.1) is 21.5 Å². The Bertz CT molecular complexity index is 1940. The van der Waals surface area contributed by atoms with Gasteiger partial charge in [0.2, 0.25) is 5.95 Å². The second-order valence-electron chi connectivity index (χ2n) is 12.5. The number of benzene rings is 1. The zero-order valence-electron chi connectivity index (χ0n) is 26.3. The number of aromatic nitrogens is 6. The smallest absolute Gasteiger partial charge is 0.251 e. The van der Waals surface area contributed by atoms with Crippen molar-refractivity contribution in [2.24, 2.45) is 16.1 Å². The van der Waals surface area contributed by atoms with Crippen LogP contribution in [0.2, 0.25) is 0 Å². The number of hydrogen-bond acceptors (Lipinski definition) is 11. The molecule has 2 N–H and O–H groups in total. The molecule has 13 heteroatoms. The third kappa shape index (κ3) is 5.18. The van der Waals surface area contributed by atoms with Gasteiger partial charge in [0.1, 0.15) is 35.0 Å². The SMILES string of the molecule is CCc1csc2c1C(c1ccc(OC3CCC34CCN(c3ncc(C(N)=O)cn3)CC4)cc1)=N[C@@H](Cc1ncco1)c1nnc(C)n1-2. The molecule has 0 bridgehead atoms. The molecule has 12 nitrogen and oxygen atoms in total. The van der Waals surface area contributed by atoms with E-state index < -0.39 is 5.91 Å². The van der Waals surface area contributed by atoms with Gasteiger partial charge in [0, 0.05) is 42.0 Å². The Morgan fingerprint density at radius 1 is 1.11 bits per heavy atom. The molecule has 2 atom stereocenters. The van der Waals surface area contributed by atoms with E-state index in [1.807, 2.05) is 6.92 Å². The number of nitrogens with two attached hydrogens (primary N) is 1. The molecule has 1 aromatic carbocycles. The molecule has 47 heavy (non-hydrogen) atoms. The predicted molar refractivity (Wildman–Crippen MR) is 176 cm³/mol. The highest BCUT2D eigenvalue weighted by atomic mass is 32.1. The lowest BCUT2D eigenvalue weighted by Crippen LogP contribution is -2.54. The van der Waals surface area contributed by atoms with Crippen LogP contribution in [0.15, 0.2) is 63.9 Å². The second-order valence-corrected chi connectivity index (χ2v) is 13.4. The van der Waals surface area contributed by atoms with E-state index >= 15 is 0 Å². The van der Waals surface area contributed by atoms with Gasteiger partial charge in [-0.25, -0.2) is 15.0 Å². The summed E-state index contributed by atoms with van der Waals surface area (Å²) < 4.78 is 14.4. The maximum atomic E-state index is 11.4. The number of oxazole rings is 1. The fraction of sp³-hybridized carbons (Fsp3) is 0.382. The highest BCUT2D eigenvalue weighted by Gasteiger charge is 2.50. The number of amides is 1. The largest absolute Gasteiger partial charge is 0.490 e. The van der Waals surface area contributed by atoms with Crippen molar-refractivity contribution in [2.75, 3.05) is 18.0 Å². The number of fused-ring (bicyclic) bond motifs is 3. The number of aryl methyl sites for hydroxylation is 2. The highest BCUT2D eigenvalue weighted by Crippen LogP contribution is 2.51. The minimum Gasteiger partial charge on any atom is -0.490 e. The predicted octanol–water partition coefficient (Wildman–Crippen LogP) is 5.04. The van der Waals surface area contributed by atoms with Gasteiger partial charge in [0.05, 0.1) is 23.9 Å². The zero-order valence-corrected chi connectivity index (χ0v) is 27.1. The molecule has 0 radical (unpaired) electrons. The molecule has 3 aliphatic rings. The van der Waals surface area contributed by atoms with Crippen LogP contribution in [-0.4, -0.2) is 60.5 Å². The first kappa shape index (κ1) is 29.5. The van der Waals surface area contributed by atoms with Gasteiger partial charge in [0.15, 0.2) is 11.7 Å². The molecule has 4 aromatic heterocycles. The van der Waals surface area contributed by atoms with Crippen molar-refractivity contribution in [1.82, 2.24) is 29.7 Å². The van der Waals surface area contributed by atoms with E-state index in [1.165, 1.54) is 18.0 Å². The van der Waals surface area contributed by atoms with Gasteiger partial charge in [0.25, 0.3) is 5.91 Å². The molecule has 1 amide bonds. The first-order valence-corrected chi connectivity index (χ1v) is 16.9. The van der Waals surface area contributed by atoms with Crippen molar-refractivity contribution in [3.63, 3.8) is 0 Å². The fourth-order valence-corrected chi connectivity index (χ4v) is 8.32. The minimum absolute atomic E-state index is 0.148. The van der Waals surface area contributed by atoms with E-state index in [4.69, 9.17) is 19.9 Å². The summed E-state index contributed by atoms with van der Waals surface area (Å²) in [6, 6.07) is 8.08. The van der Waals surface area contributed by atoms with Crippen LogP contribution in [0.5, 0.6) is 5.75 Å². The van der Waals surface area contributed by atoms with E-state index in [-0.39, 0.29) is 17.6 Å². The number of rotatable bonds is 8. The maximum Gasteiger partial charge on any atom is 0.251 e. The number of thiophene rings is 1. The van der Waals surface area contributed by atoms with E-state index in [2.05, 4.69) is 71.2 Å². The van der Waals surface area contributed by atoms with Crippen LogP contribution < -0.4 is 15.4 Å². The monoisotopic (exact) mass is 649 g/mol. The molecule has 8 rings (SSSR count). The van der Waals surface area contributed by atoms with Crippen LogP contribution in [0.4, 0.5) is 5.95 Å². The lowest BCUT2D eigenvalue weighted by molar-refractivity contribution is -0.0622. The number of carbonyl (C=O) groups is 1. The second kappa shape index (κ2) is 11.7. The summed E-state index contributed by atoms with van der Waals surface area (Å²) in [6.45, 7) is 5.85. The summed E-state index contributed by atoms with van der Waals surface area (Å²) in [6.07, 6.45) is 12.0. The van der Waals surface area contributed by atoms with E-state index in [1.54, 1.807) is 23.8 Å². The van der Waals surface area contributed by atoms with Crippen molar-refractivity contribution in [3.8, 4) is 10.8 Å². The molecule has 2 fully saturated rings. The maximum absolute atomic E-state index is 11.4. The molecule has 240 valence electrons. The number of primary amides is 1. The number of ether oxygens (including phenoxy) is 1. The first-order valence-electron chi connectivity index (χ1n) is 16.1. The Morgan fingerprint density at radius 3 is 2.55 bits per heavy atom. The molecule has 1 spiro atoms. The van der Waals surface area contributed by atoms with Gasteiger partial charge in [-0.1, -0.05) is 6.92 Å². The average Bonchev–Trinajstić information content (AvgIpc) is 3.84. The number of nitrogens with zero attached hydrogens (tertiary/aromatic N) is 8. The molecular weight excluding hydrogens is 615 g/mol. The average molecular weight is 650 g/mol. The summed E-state index contributed by atoms with van der Waals surface area (Å²) in [7, 11) is 0. The van der Waals surface area contributed by atoms with Crippen molar-refractivity contribution >= 4 is 28.9 Å². The summed E-state index contributed by atoms with van der Waals surface area (Å²) in [5.74, 6) is 3.22. The van der Waals surface area contributed by atoms with Crippen LogP contribution in [0, 0.1) is 12.3 Å². The normalized spacial score (nSPS) is 19.8. The number of hydrogen-bond donors (Lipinski definition) is 1. The topological polar surface area (TPSA) is 150 Å². The van der Waals surface area contributed by atoms with E-state index in [0.29, 0.717) is 23.8 Å². The lowest BCUT2D eigenvalue weighted by atomic mass is 9.60. The van der Waals surface area contributed by atoms with Crippen molar-refractivity contribution in [2.45, 2.75) is 64.5 Å². The van der Waals surface area contributed by atoms with Gasteiger partial charge in [-0.05, 0) is 74.2 Å². The zero-order chi connectivity index (χ0) is 32.1. The van der Waals surface area contributed by atoms with E-state index in [0.717, 1.165) is 84.4 Å². The molecule has 1 aliphatic carbocycles. The lowest BCUT2D eigenvalue weighted by Gasteiger charge is -2.53. The molecule has 1 saturated heterocycles. The summed E-state index contributed by atoms with van der Waals surface area (Å²) in [4.78, 5) is 32.0. The van der Waals surface area contributed by atoms with Gasteiger partial charge in [-0.2, -0.15) is 0 Å². The Kier molecular flexibility index (Phi) is 7.35. The third-order valence-electron chi connectivity index (χ3n) is 9.91. The van der Waals surface area contributed by atoms with Crippen LogP contribution in [0.25, 0.3) is 5.00 Å². The Labute approximate surface area is 275 Å². The molecule has 2 aliphatic heterocycles. The molecule has 1 unspecified atom stereocenters. The van der Waals surface area contributed by atoms with Crippen LogP contribution in [0.1, 0.15) is 83.2 Å². The van der Waals surface area contributed by atoms with Crippen molar-refractivity contribution in [1.29, 1.82) is 0 Å². The number of aliphatic imine (C=N–C) groups is 1. The third-order valence-corrected chi connectivity index (χ3v) is 10.9. The number of anilines is 1. The first-order chi connectivity index (χ1) is 22.9. The molecule has 6 heterocycles. The van der Waals surface area contributed by atoms with Crippen LogP contribution in [-0.2, 0) is 12.8 Å². The quantitative estimate of drug-likeness (QED) is 0.244.